The first-order chi connectivity index (χ1) is 9.38. The second kappa shape index (κ2) is 5.54. The van der Waals surface area contributed by atoms with Crippen molar-refractivity contribution < 1.29 is 0 Å². The number of aromatic nitrogens is 1. The van der Waals surface area contributed by atoms with Crippen LogP contribution in [0.1, 0.15) is 34.6 Å². The van der Waals surface area contributed by atoms with E-state index in [0.29, 0.717) is 5.92 Å². The van der Waals surface area contributed by atoms with Crippen LogP contribution in [-0.4, -0.2) is 18.6 Å². The van der Waals surface area contributed by atoms with Gasteiger partial charge in [0.1, 0.15) is 0 Å². The van der Waals surface area contributed by atoms with Crippen molar-refractivity contribution >= 4 is 0 Å². The van der Waals surface area contributed by atoms with Gasteiger partial charge in [-0.3, -0.25) is 4.98 Å². The number of nitrogens with zero attached hydrogens (tertiary/aromatic N) is 1. The molecule has 0 aliphatic heterocycles. The summed E-state index contributed by atoms with van der Waals surface area (Å²) in [4.78, 5) is 4.26. The first kappa shape index (κ1) is 12.4. The Morgan fingerprint density at radius 3 is 2.84 bits per heavy atom. The van der Waals surface area contributed by atoms with Crippen molar-refractivity contribution in [2.45, 2.75) is 25.2 Å². The van der Waals surface area contributed by atoms with E-state index in [0.717, 1.165) is 6.54 Å². The summed E-state index contributed by atoms with van der Waals surface area (Å²) in [5, 5.41) is 3.30. The Hall–Kier alpha value is -1.67. The number of pyridine rings is 1. The van der Waals surface area contributed by atoms with Crippen LogP contribution in [0.2, 0.25) is 0 Å². The van der Waals surface area contributed by atoms with Gasteiger partial charge < -0.3 is 5.32 Å². The minimum Gasteiger partial charge on any atom is -0.319 e. The summed E-state index contributed by atoms with van der Waals surface area (Å²) in [5.74, 6) is 0.393. The zero-order valence-corrected chi connectivity index (χ0v) is 11.4. The highest BCUT2D eigenvalue weighted by molar-refractivity contribution is 5.40. The maximum absolute atomic E-state index is 4.26. The Morgan fingerprint density at radius 2 is 2.05 bits per heavy atom. The Labute approximate surface area is 114 Å². The van der Waals surface area contributed by atoms with Crippen LogP contribution >= 0.6 is 0 Å². The first-order valence-corrected chi connectivity index (χ1v) is 7.04. The van der Waals surface area contributed by atoms with Crippen LogP contribution in [0.4, 0.5) is 0 Å². The smallest absolute Gasteiger partial charge is 0.0306 e. The van der Waals surface area contributed by atoms with Crippen LogP contribution in [0.5, 0.6) is 0 Å². The van der Waals surface area contributed by atoms with E-state index in [1.807, 2.05) is 25.5 Å². The molecule has 2 aromatic rings. The zero-order chi connectivity index (χ0) is 13.1. The maximum atomic E-state index is 4.26. The molecule has 0 saturated heterocycles. The van der Waals surface area contributed by atoms with E-state index >= 15 is 0 Å². The van der Waals surface area contributed by atoms with Crippen LogP contribution in [0, 0.1) is 0 Å². The van der Waals surface area contributed by atoms with E-state index in [1.165, 1.54) is 36.0 Å². The first-order valence-electron chi connectivity index (χ1n) is 7.04. The summed E-state index contributed by atoms with van der Waals surface area (Å²) >= 11 is 0. The largest absolute Gasteiger partial charge is 0.319 e. The molecule has 1 atom stereocenters. The lowest BCUT2D eigenvalue weighted by Gasteiger charge is -2.18. The molecule has 0 fully saturated rings. The van der Waals surface area contributed by atoms with E-state index in [9.17, 15) is 0 Å². The van der Waals surface area contributed by atoms with Gasteiger partial charge in [-0.1, -0.05) is 24.3 Å². The highest BCUT2D eigenvalue weighted by Gasteiger charge is 2.17. The molecule has 0 amide bonds. The van der Waals surface area contributed by atoms with Gasteiger partial charge in [0.15, 0.2) is 0 Å². The van der Waals surface area contributed by atoms with Crippen LogP contribution in [-0.2, 0) is 12.8 Å². The normalized spacial score (nSPS) is 15.2. The fraction of sp³-hybridized carbons (Fsp3) is 0.353. The minimum absolute atomic E-state index is 0.393. The lowest BCUT2D eigenvalue weighted by molar-refractivity contribution is 0.705. The molecule has 1 aliphatic rings. The number of aryl methyl sites for hydroxylation is 2. The Balaban J connectivity index is 1.96. The molecule has 1 aromatic carbocycles. The molecular formula is C17H20N2. The van der Waals surface area contributed by atoms with E-state index in [1.54, 1.807) is 5.56 Å². The molecule has 1 N–H and O–H groups in total. The number of nitrogens with one attached hydrogen (secondary N) is 1. The maximum Gasteiger partial charge on any atom is 0.0306 e. The predicted octanol–water partition coefficient (Wildman–Crippen LogP) is 2.92. The third-order valence-electron chi connectivity index (χ3n) is 4.02. The van der Waals surface area contributed by atoms with Crippen molar-refractivity contribution in [2.75, 3.05) is 13.6 Å². The minimum atomic E-state index is 0.393. The van der Waals surface area contributed by atoms with E-state index in [-0.39, 0.29) is 0 Å². The Morgan fingerprint density at radius 1 is 1.16 bits per heavy atom. The molecule has 3 rings (SSSR count). The number of hydrogen-bond donors (Lipinski definition) is 1. The van der Waals surface area contributed by atoms with Gasteiger partial charge in [0.05, 0.1) is 0 Å². The average molecular weight is 252 g/mol. The zero-order valence-electron chi connectivity index (χ0n) is 11.4. The lowest BCUT2D eigenvalue weighted by atomic mass is 9.90. The third-order valence-corrected chi connectivity index (χ3v) is 4.02. The summed E-state index contributed by atoms with van der Waals surface area (Å²) in [7, 11) is 2.01. The molecule has 0 radical (unpaired) electrons. The summed E-state index contributed by atoms with van der Waals surface area (Å²) in [6.07, 6.45) is 7.61. The molecule has 2 nitrogen and oxygen atoms in total. The molecule has 1 aliphatic carbocycles. The van der Waals surface area contributed by atoms with Crippen LogP contribution in [0.3, 0.4) is 0 Å². The number of hydrogen-bond acceptors (Lipinski definition) is 2. The third kappa shape index (κ3) is 2.54. The predicted molar refractivity (Wildman–Crippen MR) is 78.5 cm³/mol. The molecule has 1 unspecified atom stereocenters. The summed E-state index contributed by atoms with van der Waals surface area (Å²) in [6, 6.07) is 11.2. The number of benzene rings is 1. The number of likely N-dealkylation sites (N-methyl/N-ethyl adjacent to an activating group) is 1. The molecule has 98 valence electrons. The van der Waals surface area contributed by atoms with Crippen LogP contribution in [0.25, 0.3) is 0 Å². The van der Waals surface area contributed by atoms with Gasteiger partial charge >= 0.3 is 0 Å². The van der Waals surface area contributed by atoms with Crippen molar-refractivity contribution in [3.63, 3.8) is 0 Å². The molecule has 0 saturated carbocycles. The van der Waals surface area contributed by atoms with Gasteiger partial charge in [0.2, 0.25) is 0 Å². The molecule has 1 aromatic heterocycles. The van der Waals surface area contributed by atoms with Crippen molar-refractivity contribution in [1.82, 2.24) is 10.3 Å². The molecule has 0 spiro atoms. The molecule has 1 heterocycles. The topological polar surface area (TPSA) is 24.9 Å². The van der Waals surface area contributed by atoms with Gasteiger partial charge in [-0.25, -0.2) is 0 Å². The lowest BCUT2D eigenvalue weighted by Crippen LogP contribution is -2.18. The van der Waals surface area contributed by atoms with Gasteiger partial charge in [-0.2, -0.15) is 0 Å². The standard InChI is InChI=1S/C17H20N2/c1-18-12-17(16-6-3-9-19-11-16)15-8-7-13-4-2-5-14(13)10-15/h3,6-11,17-18H,2,4-5,12H2,1H3. The van der Waals surface area contributed by atoms with Gasteiger partial charge in [-0.15, -0.1) is 0 Å². The number of fused-ring (bicyclic) bond motifs is 1. The van der Waals surface area contributed by atoms with Gasteiger partial charge in [0, 0.05) is 24.9 Å². The highest BCUT2D eigenvalue weighted by atomic mass is 14.8. The van der Waals surface area contributed by atoms with Crippen LogP contribution < -0.4 is 5.32 Å². The van der Waals surface area contributed by atoms with Gasteiger partial charge in [0.25, 0.3) is 0 Å². The second-order valence-electron chi connectivity index (χ2n) is 5.28. The van der Waals surface area contributed by atoms with E-state index in [4.69, 9.17) is 0 Å². The average Bonchev–Trinajstić information content (AvgIpc) is 2.93. The molecule has 0 bridgehead atoms. The molecule has 2 heteroatoms. The Kier molecular flexibility index (Phi) is 3.60. The fourth-order valence-corrected chi connectivity index (χ4v) is 3.02. The van der Waals surface area contributed by atoms with Crippen molar-refractivity contribution in [3.8, 4) is 0 Å². The second-order valence-corrected chi connectivity index (χ2v) is 5.28. The van der Waals surface area contributed by atoms with Gasteiger partial charge in [-0.05, 0) is 54.6 Å². The van der Waals surface area contributed by atoms with E-state index < -0.39 is 0 Å². The quantitative estimate of drug-likeness (QED) is 0.905. The monoisotopic (exact) mass is 252 g/mol. The summed E-state index contributed by atoms with van der Waals surface area (Å²) in [6.45, 7) is 0.949. The SMILES string of the molecule is CNCC(c1cccnc1)c1ccc2c(c1)CCC2. The highest BCUT2D eigenvalue weighted by Crippen LogP contribution is 2.29. The Bertz CT molecular complexity index is 548. The van der Waals surface area contributed by atoms with Crippen molar-refractivity contribution in [2.24, 2.45) is 0 Å². The molecular weight excluding hydrogens is 232 g/mol. The summed E-state index contributed by atoms with van der Waals surface area (Å²) in [5.41, 5.74) is 5.78. The number of rotatable bonds is 4. The van der Waals surface area contributed by atoms with Crippen LogP contribution in [0.15, 0.2) is 42.7 Å². The summed E-state index contributed by atoms with van der Waals surface area (Å²) < 4.78 is 0. The molecule has 19 heavy (non-hydrogen) atoms. The van der Waals surface area contributed by atoms with Crippen molar-refractivity contribution in [3.05, 3.63) is 65.0 Å². The van der Waals surface area contributed by atoms with E-state index in [2.05, 4.69) is 34.6 Å². The van der Waals surface area contributed by atoms with Crippen molar-refractivity contribution in [1.29, 1.82) is 0 Å². The fourth-order valence-electron chi connectivity index (χ4n) is 3.02.